The molecule has 0 aliphatic heterocycles. The number of amides is 2. The van der Waals surface area contributed by atoms with E-state index in [0.717, 1.165) is 11.1 Å². The van der Waals surface area contributed by atoms with E-state index in [9.17, 15) is 14.7 Å². The van der Waals surface area contributed by atoms with E-state index in [1.165, 1.54) is 6.92 Å². The molecule has 2 aromatic rings. The van der Waals surface area contributed by atoms with Gasteiger partial charge in [0.1, 0.15) is 0 Å². The van der Waals surface area contributed by atoms with Crippen molar-refractivity contribution in [3.05, 3.63) is 71.8 Å². The van der Waals surface area contributed by atoms with Crippen LogP contribution in [0.1, 0.15) is 43.0 Å². The highest BCUT2D eigenvalue weighted by molar-refractivity contribution is 5.79. The molecule has 0 radical (unpaired) electrons. The fourth-order valence-corrected chi connectivity index (χ4v) is 2.63. The highest BCUT2D eigenvalue weighted by Crippen LogP contribution is 2.17. The third-order valence-corrected chi connectivity index (χ3v) is 3.89. The van der Waals surface area contributed by atoms with Gasteiger partial charge < -0.3 is 15.7 Å². The molecule has 132 valence electrons. The Morgan fingerprint density at radius 1 is 0.960 bits per heavy atom. The van der Waals surface area contributed by atoms with Gasteiger partial charge in [0.05, 0.1) is 18.6 Å². The standard InChI is InChI=1S/C20H24N2O3/c1-15(23)22-18(16-8-4-2-5-9-16)14-20(25)21-13-12-19(24)17-10-6-3-7-11-17/h2-11,18-19,24H,12-14H2,1H3,(H,21,25)(H,22,23). The fraction of sp³-hybridized carbons (Fsp3) is 0.300. The quantitative estimate of drug-likeness (QED) is 0.691. The molecule has 2 amide bonds. The lowest BCUT2D eigenvalue weighted by Gasteiger charge is -2.18. The summed E-state index contributed by atoms with van der Waals surface area (Å²) < 4.78 is 0. The molecule has 0 saturated carbocycles. The van der Waals surface area contributed by atoms with Gasteiger partial charge in [-0.25, -0.2) is 0 Å². The number of carbonyl (C=O) groups is 2. The summed E-state index contributed by atoms with van der Waals surface area (Å²) in [5.74, 6) is -0.344. The summed E-state index contributed by atoms with van der Waals surface area (Å²) in [7, 11) is 0. The van der Waals surface area contributed by atoms with Crippen molar-refractivity contribution >= 4 is 11.8 Å². The van der Waals surface area contributed by atoms with Crippen LogP contribution in [0.4, 0.5) is 0 Å². The van der Waals surface area contributed by atoms with E-state index in [-0.39, 0.29) is 24.3 Å². The minimum absolute atomic E-state index is 0.158. The van der Waals surface area contributed by atoms with Gasteiger partial charge >= 0.3 is 0 Å². The first kappa shape index (κ1) is 18.7. The van der Waals surface area contributed by atoms with Gasteiger partial charge in [0.2, 0.25) is 11.8 Å². The molecule has 2 aromatic carbocycles. The third kappa shape index (κ3) is 6.39. The van der Waals surface area contributed by atoms with E-state index in [4.69, 9.17) is 0 Å². The Balaban J connectivity index is 1.83. The number of rotatable bonds is 8. The number of aliphatic hydroxyl groups excluding tert-OH is 1. The van der Waals surface area contributed by atoms with Gasteiger partial charge in [0.25, 0.3) is 0 Å². The Kier molecular flexibility index (Phi) is 7.16. The first-order valence-electron chi connectivity index (χ1n) is 8.38. The van der Waals surface area contributed by atoms with Gasteiger partial charge in [-0.3, -0.25) is 9.59 Å². The van der Waals surface area contributed by atoms with Gasteiger partial charge in [0.15, 0.2) is 0 Å². The minimum Gasteiger partial charge on any atom is -0.388 e. The van der Waals surface area contributed by atoms with Crippen LogP contribution in [0, 0.1) is 0 Å². The van der Waals surface area contributed by atoms with Crippen molar-refractivity contribution in [1.29, 1.82) is 0 Å². The van der Waals surface area contributed by atoms with Gasteiger partial charge in [-0.15, -0.1) is 0 Å². The smallest absolute Gasteiger partial charge is 0.222 e. The highest BCUT2D eigenvalue weighted by atomic mass is 16.3. The van der Waals surface area contributed by atoms with E-state index < -0.39 is 6.10 Å². The van der Waals surface area contributed by atoms with Crippen molar-refractivity contribution in [2.45, 2.75) is 31.9 Å². The van der Waals surface area contributed by atoms with Crippen molar-refractivity contribution in [2.75, 3.05) is 6.54 Å². The van der Waals surface area contributed by atoms with Crippen LogP contribution in [0.2, 0.25) is 0 Å². The molecule has 5 heteroatoms. The summed E-state index contributed by atoms with van der Waals surface area (Å²) in [4.78, 5) is 23.6. The molecule has 5 nitrogen and oxygen atoms in total. The van der Waals surface area contributed by atoms with Crippen LogP contribution >= 0.6 is 0 Å². The van der Waals surface area contributed by atoms with Crippen LogP contribution < -0.4 is 10.6 Å². The van der Waals surface area contributed by atoms with Crippen LogP contribution in [-0.2, 0) is 9.59 Å². The topological polar surface area (TPSA) is 78.4 Å². The molecular weight excluding hydrogens is 316 g/mol. The molecule has 0 aliphatic carbocycles. The predicted octanol–water partition coefficient (Wildman–Crippen LogP) is 2.49. The molecule has 0 aromatic heterocycles. The first-order chi connectivity index (χ1) is 12.1. The normalized spacial score (nSPS) is 12.9. The van der Waals surface area contributed by atoms with Gasteiger partial charge in [-0.1, -0.05) is 60.7 Å². The van der Waals surface area contributed by atoms with E-state index in [0.29, 0.717) is 13.0 Å². The average molecular weight is 340 g/mol. The monoisotopic (exact) mass is 340 g/mol. The maximum absolute atomic E-state index is 12.2. The van der Waals surface area contributed by atoms with E-state index in [1.54, 1.807) is 0 Å². The minimum atomic E-state index is -0.609. The van der Waals surface area contributed by atoms with Gasteiger partial charge in [-0.05, 0) is 17.5 Å². The predicted molar refractivity (Wildman–Crippen MR) is 96.6 cm³/mol. The number of hydrogen-bond acceptors (Lipinski definition) is 3. The SMILES string of the molecule is CC(=O)NC(CC(=O)NCCC(O)c1ccccc1)c1ccccc1. The Bertz CT molecular complexity index is 674. The van der Waals surface area contributed by atoms with Crippen LogP contribution in [0.25, 0.3) is 0 Å². The summed E-state index contributed by atoms with van der Waals surface area (Å²) >= 11 is 0. The molecule has 0 aliphatic rings. The first-order valence-corrected chi connectivity index (χ1v) is 8.38. The second kappa shape index (κ2) is 9.59. The maximum atomic E-state index is 12.2. The van der Waals surface area contributed by atoms with Gasteiger partial charge in [0, 0.05) is 13.5 Å². The zero-order chi connectivity index (χ0) is 18.1. The summed E-state index contributed by atoms with van der Waals surface area (Å²) in [6.45, 7) is 1.81. The maximum Gasteiger partial charge on any atom is 0.222 e. The van der Waals surface area contributed by atoms with E-state index >= 15 is 0 Å². The van der Waals surface area contributed by atoms with Crippen LogP contribution in [0.15, 0.2) is 60.7 Å². The van der Waals surface area contributed by atoms with Crippen LogP contribution in [-0.4, -0.2) is 23.5 Å². The van der Waals surface area contributed by atoms with Gasteiger partial charge in [-0.2, -0.15) is 0 Å². The molecule has 25 heavy (non-hydrogen) atoms. The van der Waals surface area contributed by atoms with E-state index in [1.807, 2.05) is 60.7 Å². The summed E-state index contributed by atoms with van der Waals surface area (Å²) in [6.07, 6.45) is -0.0153. The number of carbonyl (C=O) groups excluding carboxylic acids is 2. The molecule has 2 unspecified atom stereocenters. The Hall–Kier alpha value is -2.66. The second-order valence-electron chi connectivity index (χ2n) is 5.93. The molecule has 2 atom stereocenters. The lowest BCUT2D eigenvalue weighted by molar-refractivity contribution is -0.122. The average Bonchev–Trinajstić information content (AvgIpc) is 2.62. The number of benzene rings is 2. The van der Waals surface area contributed by atoms with Crippen LogP contribution in [0.5, 0.6) is 0 Å². The van der Waals surface area contributed by atoms with Crippen molar-refractivity contribution < 1.29 is 14.7 Å². The Morgan fingerprint density at radius 3 is 2.08 bits per heavy atom. The van der Waals surface area contributed by atoms with Crippen molar-refractivity contribution in [3.8, 4) is 0 Å². The number of nitrogens with one attached hydrogen (secondary N) is 2. The Labute approximate surface area is 148 Å². The number of aliphatic hydroxyl groups is 1. The number of hydrogen-bond donors (Lipinski definition) is 3. The van der Waals surface area contributed by atoms with Crippen LogP contribution in [0.3, 0.4) is 0 Å². The molecule has 0 bridgehead atoms. The van der Waals surface area contributed by atoms with Crippen molar-refractivity contribution in [1.82, 2.24) is 10.6 Å². The highest BCUT2D eigenvalue weighted by Gasteiger charge is 2.17. The zero-order valence-electron chi connectivity index (χ0n) is 14.3. The molecule has 0 heterocycles. The van der Waals surface area contributed by atoms with Crippen molar-refractivity contribution in [3.63, 3.8) is 0 Å². The second-order valence-corrected chi connectivity index (χ2v) is 5.93. The fourth-order valence-electron chi connectivity index (χ4n) is 2.63. The lowest BCUT2D eigenvalue weighted by Crippen LogP contribution is -2.33. The summed E-state index contributed by atoms with van der Waals surface area (Å²) in [5.41, 5.74) is 1.72. The van der Waals surface area contributed by atoms with Crippen molar-refractivity contribution in [2.24, 2.45) is 0 Å². The summed E-state index contributed by atoms with van der Waals surface area (Å²) in [6, 6.07) is 18.4. The molecule has 0 spiro atoms. The zero-order valence-corrected chi connectivity index (χ0v) is 14.3. The molecule has 0 saturated heterocycles. The third-order valence-electron chi connectivity index (χ3n) is 3.89. The molecule has 3 N–H and O–H groups in total. The molecule has 0 fully saturated rings. The Morgan fingerprint density at radius 2 is 1.52 bits per heavy atom. The molecular formula is C20H24N2O3. The molecule has 2 rings (SSSR count). The summed E-state index contributed by atoms with van der Waals surface area (Å²) in [5, 5.41) is 15.7. The largest absolute Gasteiger partial charge is 0.388 e. The lowest BCUT2D eigenvalue weighted by atomic mass is 10.0. The van der Waals surface area contributed by atoms with E-state index in [2.05, 4.69) is 10.6 Å².